The van der Waals surface area contributed by atoms with Crippen LogP contribution in [0.2, 0.25) is 0 Å². The van der Waals surface area contributed by atoms with E-state index in [2.05, 4.69) is 75.7 Å². The number of unbranched alkanes of at least 4 members (excludes halogenated alkanes) is 3. The zero-order chi connectivity index (χ0) is 41.2. The van der Waals surface area contributed by atoms with Gasteiger partial charge in [-0.15, -0.1) is 0 Å². The normalized spacial score (nSPS) is 22.1. The SMILES string of the molecule is CCCCCCOC(C)C1=C(C)C2=NC1=CC1=NC(=CC3=C(C)C4=C(O)CC(=C5NC(=C2)[C@@H](C)[C@@H]5CCC(=O)NCCNC(=O)OC(C)(C)C)C4=N3)C(CC)=C1C. The van der Waals surface area contributed by atoms with Crippen LogP contribution in [0.25, 0.3) is 0 Å². The number of hydrogen-bond acceptors (Lipinski definition) is 9. The predicted octanol–water partition coefficient (Wildman–Crippen LogP) is 9.06. The number of nitrogens with zero attached hydrogens (tertiary/aromatic N) is 3. The number of aliphatic hydroxyl groups excluding tert-OH is 1. The third kappa shape index (κ3) is 9.03. The van der Waals surface area contributed by atoms with Crippen molar-refractivity contribution < 1.29 is 24.2 Å². The summed E-state index contributed by atoms with van der Waals surface area (Å²) in [6, 6.07) is 0. The highest BCUT2D eigenvalue weighted by molar-refractivity contribution is 6.21. The maximum Gasteiger partial charge on any atom is 0.407 e. The Kier molecular flexibility index (Phi) is 12.8. The molecule has 11 heteroatoms. The number of allylic oxidation sites excluding steroid dienone is 11. The largest absolute Gasteiger partial charge is 0.511 e. The van der Waals surface area contributed by atoms with Crippen molar-refractivity contribution in [3.63, 3.8) is 0 Å². The van der Waals surface area contributed by atoms with Crippen LogP contribution >= 0.6 is 0 Å². The zero-order valence-electron chi connectivity index (χ0n) is 35.7. The summed E-state index contributed by atoms with van der Waals surface area (Å²) in [5.41, 5.74) is 13.6. The van der Waals surface area contributed by atoms with Crippen molar-refractivity contribution in [2.24, 2.45) is 26.8 Å². The van der Waals surface area contributed by atoms with Gasteiger partial charge in [0, 0.05) is 72.5 Å². The first kappa shape index (κ1) is 41.9. The number of ether oxygens (including phenoxy) is 2. The van der Waals surface area contributed by atoms with Gasteiger partial charge in [0.2, 0.25) is 5.91 Å². The molecule has 0 radical (unpaired) electrons. The summed E-state index contributed by atoms with van der Waals surface area (Å²) in [5.74, 6) is 0.183. The second kappa shape index (κ2) is 17.4. The van der Waals surface area contributed by atoms with E-state index in [0.29, 0.717) is 31.8 Å². The Labute approximate surface area is 338 Å². The van der Waals surface area contributed by atoms with E-state index in [1.54, 1.807) is 0 Å². The topological polar surface area (TPSA) is 146 Å². The summed E-state index contributed by atoms with van der Waals surface area (Å²) in [6.07, 6.45) is 12.3. The summed E-state index contributed by atoms with van der Waals surface area (Å²) in [5, 5.41) is 20.9. The maximum atomic E-state index is 13.2. The number of carbonyl (C=O) groups is 2. The Morgan fingerprint density at radius 3 is 2.39 bits per heavy atom. The molecule has 57 heavy (non-hydrogen) atoms. The average Bonchev–Trinajstić information content (AvgIpc) is 3.90. The van der Waals surface area contributed by atoms with Gasteiger partial charge >= 0.3 is 6.09 Å². The molecule has 1 fully saturated rings. The smallest absolute Gasteiger partial charge is 0.407 e. The molecular formula is C46H62N6O5. The van der Waals surface area contributed by atoms with Crippen LogP contribution in [0.4, 0.5) is 4.79 Å². The number of fused-ring (bicyclic) bond motifs is 5. The molecule has 0 aromatic heterocycles. The number of rotatable bonds is 14. The standard InChI is InChI=1S/C46H62N6O5/c1-11-13-14-15-20-56-29(7)41-27(5)35-22-34-26(4)31(16-17-40(54)47-18-19-48-45(55)57-46(8,9)10)43(51-34)32-21-39(53)42-28(6)36(52-44(32)42)23-37-30(12-2)25(3)33(49-37)24-38(41)50-35/h22-24,26,29,31,51,53H,11-21H2,1-10H3,(H,47,54)(H,48,55)/t26-,29?,31-/m0/s1. The number of aliphatic hydroxyl groups is 1. The van der Waals surface area contributed by atoms with Crippen LogP contribution in [-0.4, -0.2) is 65.6 Å². The van der Waals surface area contributed by atoms with Crippen molar-refractivity contribution in [1.29, 1.82) is 0 Å². The van der Waals surface area contributed by atoms with E-state index in [0.717, 1.165) is 98.3 Å². The number of hydrogen-bond donors (Lipinski definition) is 4. The molecule has 1 unspecified atom stereocenters. The van der Waals surface area contributed by atoms with Gasteiger partial charge in [-0.1, -0.05) is 40.0 Å². The Hall–Kier alpha value is -4.77. The van der Waals surface area contributed by atoms with Gasteiger partial charge in [-0.25, -0.2) is 19.8 Å². The molecule has 0 aromatic carbocycles. The van der Waals surface area contributed by atoms with Crippen molar-refractivity contribution >= 4 is 29.1 Å². The lowest BCUT2D eigenvalue weighted by molar-refractivity contribution is -0.121. The number of aliphatic imine (C=N–C) groups is 3. The summed E-state index contributed by atoms with van der Waals surface area (Å²) >= 11 is 0. The highest BCUT2D eigenvalue weighted by Gasteiger charge is 2.41. The molecule has 8 bridgehead atoms. The summed E-state index contributed by atoms with van der Waals surface area (Å²) in [7, 11) is 0. The molecule has 1 aliphatic carbocycles. The van der Waals surface area contributed by atoms with E-state index in [4.69, 9.17) is 24.5 Å². The van der Waals surface area contributed by atoms with Crippen molar-refractivity contribution in [2.75, 3.05) is 19.7 Å². The van der Waals surface area contributed by atoms with Gasteiger partial charge in [0.05, 0.1) is 40.3 Å². The first-order valence-corrected chi connectivity index (χ1v) is 20.9. The van der Waals surface area contributed by atoms with Crippen molar-refractivity contribution in [2.45, 2.75) is 132 Å². The van der Waals surface area contributed by atoms with E-state index in [1.165, 1.54) is 18.4 Å². The van der Waals surface area contributed by atoms with Gasteiger partial charge in [0.1, 0.15) is 11.4 Å². The average molecular weight is 779 g/mol. The van der Waals surface area contributed by atoms with Crippen LogP contribution in [0, 0.1) is 11.8 Å². The van der Waals surface area contributed by atoms with Gasteiger partial charge in [-0.05, 0) is 108 Å². The molecule has 0 saturated carbocycles. The molecule has 6 rings (SSSR count). The Balaban J connectivity index is 1.35. The minimum atomic E-state index is -0.595. The van der Waals surface area contributed by atoms with E-state index in [9.17, 15) is 14.7 Å². The van der Waals surface area contributed by atoms with Crippen molar-refractivity contribution in [1.82, 2.24) is 16.0 Å². The van der Waals surface area contributed by atoms with E-state index in [-0.39, 0.29) is 36.8 Å². The zero-order valence-corrected chi connectivity index (χ0v) is 35.7. The van der Waals surface area contributed by atoms with Gasteiger partial charge in [0.25, 0.3) is 0 Å². The molecule has 3 atom stereocenters. The number of alkyl carbamates (subject to hydrolysis) is 1. The monoisotopic (exact) mass is 778 g/mol. The van der Waals surface area contributed by atoms with Crippen LogP contribution in [0.5, 0.6) is 0 Å². The van der Waals surface area contributed by atoms with Crippen LogP contribution in [-0.2, 0) is 14.3 Å². The number of carbonyl (C=O) groups excluding carboxylic acids is 2. The van der Waals surface area contributed by atoms with Crippen LogP contribution in [0.1, 0.15) is 121 Å². The fraction of sp³-hybridized carbons (Fsp3) is 0.543. The predicted molar refractivity (Wildman–Crippen MR) is 228 cm³/mol. The molecule has 1 saturated heterocycles. The number of nitrogens with one attached hydrogen (secondary N) is 3. The molecule has 306 valence electrons. The van der Waals surface area contributed by atoms with Gasteiger partial charge < -0.3 is 30.5 Å². The molecule has 0 aromatic rings. The Bertz CT molecular complexity index is 2060. The first-order valence-electron chi connectivity index (χ1n) is 20.9. The van der Waals surface area contributed by atoms with Gasteiger partial charge in [0.15, 0.2) is 0 Å². The molecule has 2 amide bonds. The third-order valence-electron chi connectivity index (χ3n) is 11.7. The highest BCUT2D eigenvalue weighted by Crippen LogP contribution is 2.46. The molecule has 4 N–H and O–H groups in total. The lowest BCUT2D eigenvalue weighted by atomic mass is 9.86. The van der Waals surface area contributed by atoms with E-state index in [1.807, 2.05) is 27.7 Å². The lowest BCUT2D eigenvalue weighted by Crippen LogP contribution is -2.37. The first-order chi connectivity index (χ1) is 27.1. The second-order valence-corrected chi connectivity index (χ2v) is 16.9. The third-order valence-corrected chi connectivity index (χ3v) is 11.7. The van der Waals surface area contributed by atoms with E-state index >= 15 is 0 Å². The Morgan fingerprint density at radius 2 is 1.67 bits per heavy atom. The minimum absolute atomic E-state index is 0.0190. The molecule has 11 nitrogen and oxygen atoms in total. The number of amides is 2. The fourth-order valence-corrected chi connectivity index (χ4v) is 8.57. The van der Waals surface area contributed by atoms with E-state index < -0.39 is 11.7 Å². The molecule has 6 aliphatic rings. The molecule has 5 aliphatic heterocycles. The summed E-state index contributed by atoms with van der Waals surface area (Å²) in [6.45, 7) is 21.6. The second-order valence-electron chi connectivity index (χ2n) is 16.9. The van der Waals surface area contributed by atoms with Gasteiger partial charge in [-0.3, -0.25) is 4.79 Å². The van der Waals surface area contributed by atoms with Gasteiger partial charge in [-0.2, -0.15) is 0 Å². The summed E-state index contributed by atoms with van der Waals surface area (Å²) < 4.78 is 11.8. The maximum absolute atomic E-state index is 13.2. The Morgan fingerprint density at radius 1 is 0.947 bits per heavy atom. The summed E-state index contributed by atoms with van der Waals surface area (Å²) in [4.78, 5) is 40.9. The van der Waals surface area contributed by atoms with Crippen LogP contribution < -0.4 is 16.0 Å². The minimum Gasteiger partial charge on any atom is -0.511 e. The van der Waals surface area contributed by atoms with Crippen LogP contribution in [0.15, 0.2) is 106 Å². The molecular weight excluding hydrogens is 717 g/mol. The molecule has 5 heterocycles. The highest BCUT2D eigenvalue weighted by atomic mass is 16.6. The fourth-order valence-electron chi connectivity index (χ4n) is 8.57. The lowest BCUT2D eigenvalue weighted by Gasteiger charge is -2.20. The van der Waals surface area contributed by atoms with Crippen molar-refractivity contribution in [3.05, 3.63) is 91.5 Å². The molecule has 0 spiro atoms. The van der Waals surface area contributed by atoms with Crippen molar-refractivity contribution in [3.8, 4) is 0 Å². The van der Waals surface area contributed by atoms with Crippen LogP contribution in [0.3, 0.4) is 0 Å². The quantitative estimate of drug-likeness (QED) is 0.130.